The summed E-state index contributed by atoms with van der Waals surface area (Å²) in [6, 6.07) is 19.1. The van der Waals surface area contributed by atoms with Gasteiger partial charge in [-0.2, -0.15) is 0 Å². The maximum Gasteiger partial charge on any atom is 0.323 e. The monoisotopic (exact) mass is 404 g/mol. The third kappa shape index (κ3) is 5.75. The zero-order valence-electron chi connectivity index (χ0n) is 17.1. The molecular weight excluding hydrogens is 380 g/mol. The molecule has 0 atom stereocenters. The van der Waals surface area contributed by atoms with E-state index < -0.39 is 6.03 Å². The minimum absolute atomic E-state index is 0.390. The number of hydrogen-bond acceptors (Lipinski definition) is 3. The molecule has 0 unspecified atom stereocenters. The molecule has 4 N–H and O–H groups in total. The van der Waals surface area contributed by atoms with Gasteiger partial charge in [0, 0.05) is 17.1 Å². The van der Waals surface area contributed by atoms with Crippen LogP contribution < -0.4 is 26.0 Å². The van der Waals surface area contributed by atoms with E-state index in [2.05, 4.69) is 21.3 Å². The van der Waals surface area contributed by atoms with E-state index in [9.17, 15) is 9.59 Å². The van der Waals surface area contributed by atoms with Gasteiger partial charge in [-0.15, -0.1) is 0 Å². The maximum atomic E-state index is 12.4. The molecule has 0 radical (unpaired) electrons. The topological polar surface area (TPSA) is 91.5 Å². The van der Waals surface area contributed by atoms with Gasteiger partial charge in [0.2, 0.25) is 0 Å². The third-order valence-electron chi connectivity index (χ3n) is 4.32. The first-order valence-electron chi connectivity index (χ1n) is 9.40. The predicted octanol–water partition coefficient (Wildman–Crippen LogP) is 5.60. The van der Waals surface area contributed by atoms with E-state index in [0.29, 0.717) is 28.5 Å². The lowest BCUT2D eigenvalue weighted by Crippen LogP contribution is -2.21. The highest BCUT2D eigenvalue weighted by molar-refractivity contribution is 6.03. The Morgan fingerprint density at radius 3 is 1.57 bits per heavy atom. The standard InChI is InChI=1S/C23H24N4O3/c1-15-4-8-17(9-5-15)24-22(28)26-19-12-13-21(30-3)20(14-19)27-23(29)25-18-10-6-16(2)7-11-18/h4-14H,1-3H3,(H2,24,26,28)(H2,25,27,29). The van der Waals surface area contributed by atoms with Gasteiger partial charge in [-0.1, -0.05) is 35.4 Å². The summed E-state index contributed by atoms with van der Waals surface area (Å²) in [4.78, 5) is 24.6. The van der Waals surface area contributed by atoms with Crippen molar-refractivity contribution in [3.63, 3.8) is 0 Å². The molecule has 7 heteroatoms. The molecule has 0 aliphatic heterocycles. The van der Waals surface area contributed by atoms with Crippen LogP contribution in [0.4, 0.5) is 32.3 Å². The highest BCUT2D eigenvalue weighted by Gasteiger charge is 2.11. The van der Waals surface area contributed by atoms with Crippen LogP contribution in [0, 0.1) is 13.8 Å². The first-order valence-corrected chi connectivity index (χ1v) is 9.40. The van der Waals surface area contributed by atoms with E-state index in [0.717, 1.165) is 11.1 Å². The summed E-state index contributed by atoms with van der Waals surface area (Å²) in [6.07, 6.45) is 0. The van der Waals surface area contributed by atoms with Gasteiger partial charge in [-0.3, -0.25) is 0 Å². The Morgan fingerprint density at radius 1 is 0.633 bits per heavy atom. The van der Waals surface area contributed by atoms with Crippen molar-refractivity contribution in [3.8, 4) is 5.75 Å². The van der Waals surface area contributed by atoms with Crippen LogP contribution in [0.2, 0.25) is 0 Å². The van der Waals surface area contributed by atoms with Crippen LogP contribution in [0.1, 0.15) is 11.1 Å². The Balaban J connectivity index is 1.66. The first kappa shape index (κ1) is 20.7. The van der Waals surface area contributed by atoms with Gasteiger partial charge in [0.25, 0.3) is 0 Å². The van der Waals surface area contributed by atoms with Crippen molar-refractivity contribution in [2.75, 3.05) is 28.4 Å². The first-order chi connectivity index (χ1) is 14.4. The molecule has 0 saturated carbocycles. The molecule has 3 aromatic rings. The molecule has 3 rings (SSSR count). The highest BCUT2D eigenvalue weighted by Crippen LogP contribution is 2.28. The van der Waals surface area contributed by atoms with Crippen LogP contribution >= 0.6 is 0 Å². The third-order valence-corrected chi connectivity index (χ3v) is 4.32. The Labute approximate surface area is 175 Å². The van der Waals surface area contributed by atoms with Gasteiger partial charge in [-0.05, 0) is 56.3 Å². The van der Waals surface area contributed by atoms with Gasteiger partial charge < -0.3 is 26.0 Å². The van der Waals surface area contributed by atoms with Crippen LogP contribution in [0.5, 0.6) is 5.75 Å². The van der Waals surface area contributed by atoms with E-state index in [1.165, 1.54) is 7.11 Å². The van der Waals surface area contributed by atoms with E-state index in [1.807, 2.05) is 62.4 Å². The molecule has 0 bridgehead atoms. The highest BCUT2D eigenvalue weighted by atomic mass is 16.5. The fraction of sp³-hybridized carbons (Fsp3) is 0.130. The van der Waals surface area contributed by atoms with Crippen LogP contribution in [0.3, 0.4) is 0 Å². The number of nitrogens with one attached hydrogen (secondary N) is 4. The predicted molar refractivity (Wildman–Crippen MR) is 121 cm³/mol. The molecule has 0 fully saturated rings. The second-order valence-corrected chi connectivity index (χ2v) is 6.81. The summed E-state index contributed by atoms with van der Waals surface area (Å²) < 4.78 is 5.31. The summed E-state index contributed by atoms with van der Waals surface area (Å²) in [5.41, 5.74) is 4.49. The number of ether oxygens (including phenoxy) is 1. The SMILES string of the molecule is COc1ccc(NC(=O)Nc2ccc(C)cc2)cc1NC(=O)Nc1ccc(C)cc1. The molecule has 0 saturated heterocycles. The summed E-state index contributed by atoms with van der Waals surface area (Å²) in [5, 5.41) is 11.0. The molecule has 30 heavy (non-hydrogen) atoms. The number of urea groups is 2. The number of benzene rings is 3. The van der Waals surface area contributed by atoms with Crippen molar-refractivity contribution in [1.29, 1.82) is 0 Å². The molecule has 3 aromatic carbocycles. The van der Waals surface area contributed by atoms with Crippen molar-refractivity contribution in [3.05, 3.63) is 77.9 Å². The second kappa shape index (κ2) is 9.47. The lowest BCUT2D eigenvalue weighted by molar-refractivity contribution is 0.261. The summed E-state index contributed by atoms with van der Waals surface area (Å²) >= 11 is 0. The van der Waals surface area contributed by atoms with E-state index in [-0.39, 0.29) is 6.03 Å². The molecule has 0 aromatic heterocycles. The number of amides is 4. The lowest BCUT2D eigenvalue weighted by atomic mass is 10.2. The van der Waals surface area contributed by atoms with Crippen LogP contribution in [0.15, 0.2) is 66.7 Å². The Morgan fingerprint density at radius 2 is 1.07 bits per heavy atom. The van der Waals surface area contributed by atoms with Crippen molar-refractivity contribution >= 4 is 34.8 Å². The van der Waals surface area contributed by atoms with Gasteiger partial charge in [0.15, 0.2) is 0 Å². The minimum Gasteiger partial charge on any atom is -0.495 e. The normalized spacial score (nSPS) is 10.1. The van der Waals surface area contributed by atoms with Gasteiger partial charge >= 0.3 is 12.1 Å². The van der Waals surface area contributed by atoms with Gasteiger partial charge in [0.1, 0.15) is 5.75 Å². The largest absolute Gasteiger partial charge is 0.495 e. The Bertz CT molecular complexity index is 1030. The van der Waals surface area contributed by atoms with E-state index in [1.54, 1.807) is 18.2 Å². The molecule has 0 spiro atoms. The van der Waals surface area contributed by atoms with Crippen molar-refractivity contribution in [1.82, 2.24) is 0 Å². The molecule has 0 aliphatic rings. The van der Waals surface area contributed by atoms with Crippen LogP contribution in [0.25, 0.3) is 0 Å². The Kier molecular flexibility index (Phi) is 6.54. The smallest absolute Gasteiger partial charge is 0.323 e. The van der Waals surface area contributed by atoms with E-state index >= 15 is 0 Å². The van der Waals surface area contributed by atoms with Gasteiger partial charge in [-0.25, -0.2) is 9.59 Å². The number of hydrogen-bond donors (Lipinski definition) is 4. The number of carbonyl (C=O) groups excluding carboxylic acids is 2. The summed E-state index contributed by atoms with van der Waals surface area (Å²) in [7, 11) is 1.51. The molecule has 4 amide bonds. The molecular formula is C23H24N4O3. The quantitative estimate of drug-likeness (QED) is 0.446. The molecule has 0 heterocycles. The van der Waals surface area contributed by atoms with Crippen LogP contribution in [-0.2, 0) is 0 Å². The molecule has 154 valence electrons. The lowest BCUT2D eigenvalue weighted by Gasteiger charge is -2.14. The van der Waals surface area contributed by atoms with E-state index in [4.69, 9.17) is 4.74 Å². The number of rotatable bonds is 5. The molecule has 7 nitrogen and oxygen atoms in total. The number of aryl methyl sites for hydroxylation is 2. The van der Waals surface area contributed by atoms with Crippen LogP contribution in [-0.4, -0.2) is 19.2 Å². The average Bonchev–Trinajstić information content (AvgIpc) is 2.71. The average molecular weight is 404 g/mol. The van der Waals surface area contributed by atoms with Crippen molar-refractivity contribution in [2.24, 2.45) is 0 Å². The Hall–Kier alpha value is -4.00. The molecule has 0 aliphatic carbocycles. The fourth-order valence-corrected chi connectivity index (χ4v) is 2.74. The summed E-state index contributed by atoms with van der Waals surface area (Å²) in [5.74, 6) is 0.471. The zero-order valence-corrected chi connectivity index (χ0v) is 17.1. The van der Waals surface area contributed by atoms with Crippen molar-refractivity contribution in [2.45, 2.75) is 13.8 Å². The number of methoxy groups -OCH3 is 1. The fourth-order valence-electron chi connectivity index (χ4n) is 2.74. The second-order valence-electron chi connectivity index (χ2n) is 6.81. The maximum absolute atomic E-state index is 12.4. The zero-order chi connectivity index (χ0) is 21.5. The van der Waals surface area contributed by atoms with Crippen molar-refractivity contribution < 1.29 is 14.3 Å². The number of carbonyl (C=O) groups is 2. The minimum atomic E-state index is -0.418. The van der Waals surface area contributed by atoms with Gasteiger partial charge in [0.05, 0.1) is 12.8 Å². The summed E-state index contributed by atoms with van der Waals surface area (Å²) in [6.45, 7) is 3.95. The number of anilines is 4.